The number of rotatable bonds is 7. The van der Waals surface area contributed by atoms with Crippen LogP contribution in [0.2, 0.25) is 0 Å². The van der Waals surface area contributed by atoms with E-state index in [4.69, 9.17) is 0 Å². The molecule has 1 unspecified atom stereocenters. The summed E-state index contributed by atoms with van der Waals surface area (Å²) < 4.78 is 30.6. The van der Waals surface area contributed by atoms with Crippen molar-refractivity contribution in [3.63, 3.8) is 0 Å². The highest BCUT2D eigenvalue weighted by molar-refractivity contribution is 7.92. The maximum atomic E-state index is 13.7. The van der Waals surface area contributed by atoms with Crippen LogP contribution in [0.15, 0.2) is 102 Å². The maximum Gasteiger partial charge on any atom is 0.304 e. The second kappa shape index (κ2) is 9.90. The third-order valence-corrected chi connectivity index (χ3v) is 9.36. The van der Waals surface area contributed by atoms with Crippen molar-refractivity contribution in [2.75, 3.05) is 10.8 Å². The molecule has 4 aromatic carbocycles. The maximum absolute atomic E-state index is 13.7. The van der Waals surface area contributed by atoms with Crippen LogP contribution >= 0.6 is 0 Å². The number of aryl methyl sites for hydroxylation is 1. The van der Waals surface area contributed by atoms with Gasteiger partial charge in [0.2, 0.25) is 0 Å². The number of aromatic nitrogens is 1. The van der Waals surface area contributed by atoms with Crippen LogP contribution in [0.4, 0.5) is 11.4 Å². The zero-order chi connectivity index (χ0) is 28.9. The van der Waals surface area contributed by atoms with Gasteiger partial charge in [0.15, 0.2) is 0 Å². The zero-order valence-corrected chi connectivity index (χ0v) is 22.8. The predicted octanol–water partition coefficient (Wildman–Crippen LogP) is 6.28. The topological polar surface area (TPSA) is 123 Å². The van der Waals surface area contributed by atoms with Crippen LogP contribution in [0.5, 0.6) is 0 Å². The number of hydrogen-bond acceptors (Lipinski definition) is 5. The van der Waals surface area contributed by atoms with Crippen molar-refractivity contribution < 1.29 is 23.2 Å². The number of benzene rings is 4. The van der Waals surface area contributed by atoms with Crippen molar-refractivity contribution >= 4 is 38.3 Å². The van der Waals surface area contributed by atoms with Gasteiger partial charge < -0.3 is 9.67 Å². The third kappa shape index (κ3) is 4.62. The first-order valence-corrected chi connectivity index (χ1v) is 14.4. The third-order valence-electron chi connectivity index (χ3n) is 7.59. The molecule has 1 atom stereocenters. The first kappa shape index (κ1) is 26.3. The molecule has 0 aliphatic carbocycles. The molecule has 5 aromatic rings. The van der Waals surface area contributed by atoms with Crippen LogP contribution in [0, 0.1) is 17.0 Å². The molecule has 6 rings (SSSR count). The highest BCUT2D eigenvalue weighted by atomic mass is 32.2. The van der Waals surface area contributed by atoms with E-state index in [1.165, 1.54) is 19.1 Å². The molecular formula is C31H25N3O6S. The van der Waals surface area contributed by atoms with Gasteiger partial charge in [-0.3, -0.25) is 19.2 Å². The van der Waals surface area contributed by atoms with Gasteiger partial charge in [0.05, 0.1) is 27.4 Å². The van der Waals surface area contributed by atoms with E-state index in [1.807, 2.05) is 54.7 Å². The minimum Gasteiger partial charge on any atom is -0.481 e. The Bertz CT molecular complexity index is 1950. The van der Waals surface area contributed by atoms with Crippen molar-refractivity contribution in [3.05, 3.63) is 118 Å². The van der Waals surface area contributed by atoms with Gasteiger partial charge in [0, 0.05) is 36.0 Å². The monoisotopic (exact) mass is 567 g/mol. The number of para-hydroxylation sites is 1. The van der Waals surface area contributed by atoms with Gasteiger partial charge in [0.1, 0.15) is 0 Å². The number of nitrogens with zero attached hydrogens (tertiary/aromatic N) is 3. The molecule has 0 saturated heterocycles. The van der Waals surface area contributed by atoms with Crippen LogP contribution < -0.4 is 4.31 Å². The van der Waals surface area contributed by atoms with Crippen molar-refractivity contribution in [1.82, 2.24) is 4.57 Å². The standard InChI is InChI=1S/C31H25N3O6S/c1-20-6-12-26(18-30(20)34(37)38)41(39,40)33-19-24(17-31(35)36)27-16-23(9-13-29(27)33)21-7-10-25(11-8-21)32-15-14-22-4-2-3-5-28(22)32/h2-16,18,24H,17,19H2,1H3,(H,35,36). The number of aliphatic carboxylic acids is 1. The summed E-state index contributed by atoms with van der Waals surface area (Å²) in [5.74, 6) is -1.62. The molecule has 0 fully saturated rings. The lowest BCUT2D eigenvalue weighted by Crippen LogP contribution is -2.30. The minimum atomic E-state index is -4.19. The first-order chi connectivity index (χ1) is 19.6. The number of anilines is 1. The van der Waals surface area contributed by atoms with Crippen LogP contribution in [0.25, 0.3) is 27.7 Å². The van der Waals surface area contributed by atoms with E-state index in [0.717, 1.165) is 38.1 Å². The molecule has 0 amide bonds. The van der Waals surface area contributed by atoms with Crippen LogP contribution in [-0.2, 0) is 14.8 Å². The number of nitro benzene ring substituents is 1. The molecule has 41 heavy (non-hydrogen) atoms. The average Bonchev–Trinajstić information content (AvgIpc) is 3.55. The van der Waals surface area contributed by atoms with Crippen molar-refractivity contribution in [2.24, 2.45) is 0 Å². The molecule has 0 spiro atoms. The van der Waals surface area contributed by atoms with E-state index in [1.54, 1.807) is 6.07 Å². The minimum absolute atomic E-state index is 0.0747. The van der Waals surface area contributed by atoms with E-state index in [0.29, 0.717) is 16.8 Å². The Hall–Kier alpha value is -4.96. The molecule has 2 heterocycles. The van der Waals surface area contributed by atoms with Gasteiger partial charge in [-0.05, 0) is 71.5 Å². The Morgan fingerprint density at radius 1 is 0.976 bits per heavy atom. The van der Waals surface area contributed by atoms with E-state index in [-0.39, 0.29) is 23.5 Å². The van der Waals surface area contributed by atoms with Crippen LogP contribution in [0.3, 0.4) is 0 Å². The van der Waals surface area contributed by atoms with E-state index in [9.17, 15) is 28.4 Å². The molecule has 206 valence electrons. The lowest BCUT2D eigenvalue weighted by Gasteiger charge is -2.20. The Kier molecular flexibility index (Phi) is 6.34. The molecule has 1 aromatic heterocycles. The number of carboxylic acid groups (broad SMARTS) is 1. The molecule has 0 bridgehead atoms. The predicted molar refractivity (Wildman–Crippen MR) is 156 cm³/mol. The largest absolute Gasteiger partial charge is 0.481 e. The Balaban J connectivity index is 1.37. The molecule has 10 heteroatoms. The van der Waals surface area contributed by atoms with Gasteiger partial charge in [-0.15, -0.1) is 0 Å². The van der Waals surface area contributed by atoms with Crippen LogP contribution in [-0.4, -0.2) is 35.5 Å². The molecule has 0 radical (unpaired) electrons. The molecule has 0 saturated carbocycles. The second-order valence-electron chi connectivity index (χ2n) is 10.1. The number of carboxylic acids is 1. The Labute approximate surface area is 236 Å². The highest BCUT2D eigenvalue weighted by Gasteiger charge is 2.38. The normalized spacial score (nSPS) is 14.8. The highest BCUT2D eigenvalue weighted by Crippen LogP contribution is 2.43. The molecule has 1 aliphatic heterocycles. The quantitative estimate of drug-likeness (QED) is 0.182. The zero-order valence-electron chi connectivity index (χ0n) is 22.0. The van der Waals surface area contributed by atoms with Gasteiger partial charge in [-0.2, -0.15) is 0 Å². The summed E-state index contributed by atoms with van der Waals surface area (Å²) in [5.41, 5.74) is 4.85. The molecule has 1 N–H and O–H groups in total. The Morgan fingerprint density at radius 2 is 1.71 bits per heavy atom. The summed E-state index contributed by atoms with van der Waals surface area (Å²) in [6.45, 7) is 1.46. The van der Waals surface area contributed by atoms with E-state index < -0.39 is 26.8 Å². The summed E-state index contributed by atoms with van der Waals surface area (Å²) in [6, 6.07) is 27.3. The number of hydrogen-bond donors (Lipinski definition) is 1. The van der Waals surface area contributed by atoms with Crippen molar-refractivity contribution in [1.29, 1.82) is 0 Å². The number of sulfonamides is 1. The fourth-order valence-corrected chi connectivity index (χ4v) is 7.05. The summed E-state index contributed by atoms with van der Waals surface area (Å²) >= 11 is 0. The van der Waals surface area contributed by atoms with E-state index in [2.05, 4.69) is 22.8 Å². The number of fused-ring (bicyclic) bond motifs is 2. The summed E-state index contributed by atoms with van der Waals surface area (Å²) in [7, 11) is -4.19. The lowest BCUT2D eigenvalue weighted by molar-refractivity contribution is -0.385. The fraction of sp³-hybridized carbons (Fsp3) is 0.129. The fourth-order valence-electron chi connectivity index (χ4n) is 5.49. The molecule has 9 nitrogen and oxygen atoms in total. The van der Waals surface area contributed by atoms with Gasteiger partial charge in [-0.1, -0.05) is 42.5 Å². The summed E-state index contributed by atoms with van der Waals surface area (Å²) in [5, 5.41) is 22.2. The SMILES string of the molecule is Cc1ccc(S(=O)(=O)N2CC(CC(=O)O)c3cc(-c4ccc(-n5ccc6ccccc65)cc4)ccc32)cc1[N+](=O)[O-]. The lowest BCUT2D eigenvalue weighted by atomic mass is 9.94. The van der Waals surface area contributed by atoms with E-state index >= 15 is 0 Å². The van der Waals surface area contributed by atoms with Crippen LogP contribution in [0.1, 0.15) is 23.5 Å². The number of nitro groups is 1. The summed E-state index contributed by atoms with van der Waals surface area (Å²) in [4.78, 5) is 22.3. The Morgan fingerprint density at radius 3 is 2.44 bits per heavy atom. The summed E-state index contributed by atoms with van der Waals surface area (Å²) in [6.07, 6.45) is 1.76. The number of carbonyl (C=O) groups is 1. The smallest absolute Gasteiger partial charge is 0.304 e. The van der Waals surface area contributed by atoms with Gasteiger partial charge in [0.25, 0.3) is 15.7 Å². The van der Waals surface area contributed by atoms with Crippen molar-refractivity contribution in [3.8, 4) is 16.8 Å². The second-order valence-corrected chi connectivity index (χ2v) is 12.0. The molecular weight excluding hydrogens is 542 g/mol. The van der Waals surface area contributed by atoms with Gasteiger partial charge >= 0.3 is 5.97 Å². The average molecular weight is 568 g/mol. The first-order valence-electron chi connectivity index (χ1n) is 12.9. The van der Waals surface area contributed by atoms with Gasteiger partial charge in [-0.25, -0.2) is 8.42 Å². The molecule has 1 aliphatic rings. The van der Waals surface area contributed by atoms with Crippen molar-refractivity contribution in [2.45, 2.75) is 24.2 Å².